The van der Waals surface area contributed by atoms with Crippen LogP contribution in [0.15, 0.2) is 73.1 Å². The number of carbonyl (C=O) groups excluding carboxylic acids is 2. The normalized spacial score (nSPS) is 11.0. The third-order valence-electron chi connectivity index (χ3n) is 3.80. The predicted octanol–water partition coefficient (Wildman–Crippen LogP) is 4.61. The molecule has 3 rings (SSSR count). The molecule has 0 aliphatic carbocycles. The highest BCUT2D eigenvalue weighted by Crippen LogP contribution is 2.32. The van der Waals surface area contributed by atoms with Gasteiger partial charge in [-0.1, -0.05) is 18.2 Å². The van der Waals surface area contributed by atoms with Gasteiger partial charge in [-0.15, -0.1) is 0 Å². The molecule has 0 spiro atoms. The lowest BCUT2D eigenvalue weighted by Crippen LogP contribution is -2.18. The van der Waals surface area contributed by atoms with Crippen molar-refractivity contribution in [3.05, 3.63) is 89.7 Å². The quantitative estimate of drug-likeness (QED) is 0.689. The van der Waals surface area contributed by atoms with Crippen molar-refractivity contribution in [2.45, 2.75) is 6.18 Å². The Morgan fingerprint density at radius 3 is 2.04 bits per heavy atom. The number of carbonyl (C=O) groups is 2. The van der Waals surface area contributed by atoms with Gasteiger partial charge in [-0.3, -0.25) is 14.6 Å². The van der Waals surface area contributed by atoms with Crippen molar-refractivity contribution in [2.24, 2.45) is 0 Å². The van der Waals surface area contributed by atoms with Crippen LogP contribution in [-0.2, 0) is 6.18 Å². The Morgan fingerprint density at radius 1 is 0.786 bits per heavy atom. The maximum atomic E-state index is 13.1. The standard InChI is InChI=1S/C20H14F3N3O2/c21-20(22,23)17-7-2-1-6-16(17)19(28)26-15-5-3-4-14(12-15)25-18(27)13-8-10-24-11-9-13/h1-12H,(H,25,27)(H,26,28). The van der Waals surface area contributed by atoms with Crippen molar-refractivity contribution in [2.75, 3.05) is 10.6 Å². The van der Waals surface area contributed by atoms with E-state index in [4.69, 9.17) is 0 Å². The van der Waals surface area contributed by atoms with Crippen LogP contribution >= 0.6 is 0 Å². The van der Waals surface area contributed by atoms with E-state index in [-0.39, 0.29) is 11.6 Å². The number of hydrogen-bond acceptors (Lipinski definition) is 3. The summed E-state index contributed by atoms with van der Waals surface area (Å²) in [6, 6.07) is 13.7. The zero-order valence-electron chi connectivity index (χ0n) is 14.3. The molecule has 28 heavy (non-hydrogen) atoms. The highest BCUT2D eigenvalue weighted by Gasteiger charge is 2.34. The lowest BCUT2D eigenvalue weighted by molar-refractivity contribution is -0.137. The fourth-order valence-electron chi connectivity index (χ4n) is 2.51. The molecule has 1 aromatic heterocycles. The van der Waals surface area contributed by atoms with Crippen LogP contribution in [0.25, 0.3) is 0 Å². The summed E-state index contributed by atoms with van der Waals surface area (Å²) in [6.07, 6.45) is -1.69. The van der Waals surface area contributed by atoms with Crippen LogP contribution in [0, 0.1) is 0 Å². The average Bonchev–Trinajstić information content (AvgIpc) is 2.68. The van der Waals surface area contributed by atoms with Gasteiger partial charge in [0.05, 0.1) is 11.1 Å². The molecular weight excluding hydrogens is 371 g/mol. The van der Waals surface area contributed by atoms with Gasteiger partial charge in [0.1, 0.15) is 0 Å². The molecule has 0 saturated heterocycles. The lowest BCUT2D eigenvalue weighted by Gasteiger charge is -2.13. The molecule has 2 N–H and O–H groups in total. The average molecular weight is 385 g/mol. The van der Waals surface area contributed by atoms with Crippen LogP contribution in [0.5, 0.6) is 0 Å². The smallest absolute Gasteiger partial charge is 0.322 e. The number of halogens is 3. The largest absolute Gasteiger partial charge is 0.417 e. The van der Waals surface area contributed by atoms with Gasteiger partial charge in [0.25, 0.3) is 11.8 Å². The second kappa shape index (κ2) is 7.91. The minimum atomic E-state index is -4.64. The maximum Gasteiger partial charge on any atom is 0.417 e. The van der Waals surface area contributed by atoms with Crippen LogP contribution in [0.4, 0.5) is 24.5 Å². The second-order valence-electron chi connectivity index (χ2n) is 5.77. The molecule has 1 heterocycles. The third-order valence-corrected chi connectivity index (χ3v) is 3.80. The molecule has 0 atom stereocenters. The van der Waals surface area contributed by atoms with Crippen LogP contribution in [0.1, 0.15) is 26.3 Å². The molecule has 0 aliphatic heterocycles. The van der Waals surface area contributed by atoms with Crippen molar-refractivity contribution < 1.29 is 22.8 Å². The lowest BCUT2D eigenvalue weighted by atomic mass is 10.1. The number of hydrogen-bond donors (Lipinski definition) is 2. The van der Waals surface area contributed by atoms with Gasteiger partial charge in [0.2, 0.25) is 0 Å². The Balaban J connectivity index is 1.77. The SMILES string of the molecule is O=C(Nc1cccc(NC(=O)c2ccccc2C(F)(F)F)c1)c1ccncc1. The molecule has 2 aromatic carbocycles. The van der Waals surface area contributed by atoms with Gasteiger partial charge < -0.3 is 10.6 Å². The van der Waals surface area contributed by atoms with Gasteiger partial charge >= 0.3 is 6.18 Å². The fourth-order valence-corrected chi connectivity index (χ4v) is 2.51. The maximum absolute atomic E-state index is 13.1. The van der Waals surface area contributed by atoms with Gasteiger partial charge in [0.15, 0.2) is 0 Å². The van der Waals surface area contributed by atoms with Crippen molar-refractivity contribution in [1.82, 2.24) is 4.98 Å². The first-order valence-corrected chi connectivity index (χ1v) is 8.13. The van der Waals surface area contributed by atoms with Crippen LogP contribution in [-0.4, -0.2) is 16.8 Å². The summed E-state index contributed by atoms with van der Waals surface area (Å²) in [7, 11) is 0. The van der Waals surface area contributed by atoms with Crippen LogP contribution < -0.4 is 10.6 Å². The van der Waals surface area contributed by atoms with E-state index in [1.807, 2.05) is 0 Å². The molecule has 2 amide bonds. The number of pyridine rings is 1. The Kier molecular flexibility index (Phi) is 5.39. The molecule has 5 nitrogen and oxygen atoms in total. The molecule has 0 bridgehead atoms. The van der Waals surface area contributed by atoms with Gasteiger partial charge in [-0.25, -0.2) is 0 Å². The first-order valence-electron chi connectivity index (χ1n) is 8.13. The van der Waals surface area contributed by atoms with Gasteiger partial charge in [0, 0.05) is 29.3 Å². The van der Waals surface area contributed by atoms with Crippen molar-refractivity contribution >= 4 is 23.2 Å². The second-order valence-corrected chi connectivity index (χ2v) is 5.77. The Bertz CT molecular complexity index is 1000. The number of anilines is 2. The summed E-state index contributed by atoms with van der Waals surface area (Å²) >= 11 is 0. The zero-order valence-corrected chi connectivity index (χ0v) is 14.3. The monoisotopic (exact) mass is 385 g/mol. The van der Waals surface area contributed by atoms with E-state index in [1.165, 1.54) is 48.8 Å². The van der Waals surface area contributed by atoms with E-state index in [9.17, 15) is 22.8 Å². The molecule has 3 aromatic rings. The van der Waals surface area contributed by atoms with Crippen molar-refractivity contribution in [1.29, 1.82) is 0 Å². The number of alkyl halides is 3. The highest BCUT2D eigenvalue weighted by atomic mass is 19.4. The molecule has 8 heteroatoms. The highest BCUT2D eigenvalue weighted by molar-refractivity contribution is 6.07. The van der Waals surface area contributed by atoms with Gasteiger partial charge in [-0.2, -0.15) is 13.2 Å². The number of aromatic nitrogens is 1. The Labute approximate surface area is 158 Å². The summed E-state index contributed by atoms with van der Waals surface area (Å²) in [5.74, 6) is -1.28. The number of nitrogens with zero attached hydrogens (tertiary/aromatic N) is 1. The van der Waals surface area contributed by atoms with Crippen molar-refractivity contribution in [3.8, 4) is 0 Å². The molecule has 0 aliphatic rings. The third kappa shape index (κ3) is 4.53. The molecule has 0 fully saturated rings. The van der Waals surface area contributed by atoms with E-state index in [2.05, 4.69) is 15.6 Å². The summed E-state index contributed by atoms with van der Waals surface area (Å²) in [4.78, 5) is 28.3. The van der Waals surface area contributed by atoms with E-state index in [1.54, 1.807) is 12.1 Å². The van der Waals surface area contributed by atoms with Crippen molar-refractivity contribution in [3.63, 3.8) is 0 Å². The van der Waals surface area contributed by atoms with Gasteiger partial charge in [-0.05, 0) is 42.5 Å². The number of rotatable bonds is 4. The minimum absolute atomic E-state index is 0.245. The van der Waals surface area contributed by atoms with Crippen LogP contribution in [0.2, 0.25) is 0 Å². The first kappa shape index (κ1) is 19.1. The van der Waals surface area contributed by atoms with E-state index in [0.717, 1.165) is 12.1 Å². The first-order chi connectivity index (χ1) is 13.3. The van der Waals surface area contributed by atoms with E-state index in [0.29, 0.717) is 11.3 Å². The Morgan fingerprint density at radius 2 is 1.39 bits per heavy atom. The number of amides is 2. The van der Waals surface area contributed by atoms with Crippen LogP contribution in [0.3, 0.4) is 0 Å². The Hall–Kier alpha value is -3.68. The topological polar surface area (TPSA) is 71.1 Å². The summed E-state index contributed by atoms with van der Waals surface area (Å²) in [6.45, 7) is 0. The predicted molar refractivity (Wildman–Crippen MR) is 98.0 cm³/mol. The fraction of sp³-hybridized carbons (Fsp3) is 0.0500. The molecule has 0 radical (unpaired) electrons. The molecule has 0 unspecified atom stereocenters. The zero-order chi connectivity index (χ0) is 20.1. The number of benzene rings is 2. The van der Waals surface area contributed by atoms with E-state index >= 15 is 0 Å². The molecule has 142 valence electrons. The summed E-state index contributed by atoms with van der Waals surface area (Å²) < 4.78 is 39.3. The summed E-state index contributed by atoms with van der Waals surface area (Å²) in [5, 5.41) is 5.07. The minimum Gasteiger partial charge on any atom is -0.322 e. The number of nitrogens with one attached hydrogen (secondary N) is 2. The molecular formula is C20H14F3N3O2. The summed E-state index contributed by atoms with van der Waals surface area (Å²) in [5.41, 5.74) is -0.488. The molecule has 0 saturated carbocycles. The van der Waals surface area contributed by atoms with E-state index < -0.39 is 23.2 Å².